The molecule has 1 aliphatic heterocycles. The van der Waals surface area contributed by atoms with Crippen LogP contribution in [0.5, 0.6) is 0 Å². The van der Waals surface area contributed by atoms with Gasteiger partial charge in [-0.25, -0.2) is 9.18 Å². The fourth-order valence-corrected chi connectivity index (χ4v) is 2.81. The Morgan fingerprint density at radius 1 is 1.43 bits per heavy atom. The van der Waals surface area contributed by atoms with Crippen LogP contribution in [0.1, 0.15) is 36.5 Å². The molecule has 4 nitrogen and oxygen atoms in total. The molecule has 1 aromatic rings. The maximum absolute atomic E-state index is 13.9. The average Bonchev–Trinajstić information content (AvgIpc) is 2.47. The highest BCUT2D eigenvalue weighted by Crippen LogP contribution is 2.23. The van der Waals surface area contributed by atoms with E-state index in [1.54, 1.807) is 13.0 Å². The van der Waals surface area contributed by atoms with Crippen LogP contribution in [-0.4, -0.2) is 36.0 Å². The Balaban J connectivity index is 2.24. The molecule has 1 unspecified atom stereocenters. The third-order valence-electron chi connectivity index (χ3n) is 3.48. The van der Waals surface area contributed by atoms with E-state index in [0.29, 0.717) is 17.4 Å². The zero-order chi connectivity index (χ0) is 15.4. The Kier molecular flexibility index (Phi) is 5.33. The van der Waals surface area contributed by atoms with Crippen molar-refractivity contribution in [3.8, 4) is 0 Å². The predicted molar refractivity (Wildman–Crippen MR) is 79.4 cm³/mol. The van der Waals surface area contributed by atoms with E-state index in [1.165, 1.54) is 17.0 Å². The monoisotopic (exact) mass is 357 g/mol. The molecule has 0 radical (unpaired) electrons. The van der Waals surface area contributed by atoms with E-state index >= 15 is 0 Å². The van der Waals surface area contributed by atoms with Gasteiger partial charge in [0.15, 0.2) is 0 Å². The number of rotatable bonds is 3. The van der Waals surface area contributed by atoms with Gasteiger partial charge in [0.05, 0.1) is 12.2 Å². The molecular weight excluding hydrogens is 341 g/mol. The number of piperidine rings is 1. The van der Waals surface area contributed by atoms with Crippen molar-refractivity contribution in [2.75, 3.05) is 13.2 Å². The van der Waals surface area contributed by atoms with Gasteiger partial charge in [-0.05, 0) is 44.4 Å². The Bertz CT molecular complexity index is 550. The number of hydrogen-bond donors (Lipinski definition) is 0. The summed E-state index contributed by atoms with van der Waals surface area (Å²) >= 11 is 3.16. The van der Waals surface area contributed by atoms with Gasteiger partial charge in [-0.3, -0.25) is 4.79 Å². The number of hydrogen-bond acceptors (Lipinski definition) is 3. The second-order valence-electron chi connectivity index (χ2n) is 4.89. The molecule has 1 heterocycles. The smallest absolute Gasteiger partial charge is 0.328 e. The lowest BCUT2D eigenvalue weighted by atomic mass is 10.0. The lowest BCUT2D eigenvalue weighted by Gasteiger charge is -2.34. The first-order valence-corrected chi connectivity index (χ1v) is 7.76. The maximum Gasteiger partial charge on any atom is 0.328 e. The topological polar surface area (TPSA) is 46.6 Å². The molecule has 6 heteroatoms. The first-order valence-electron chi connectivity index (χ1n) is 6.97. The number of likely N-dealkylation sites (tertiary alicyclic amines) is 1. The molecule has 1 fully saturated rings. The van der Waals surface area contributed by atoms with Gasteiger partial charge in [0.1, 0.15) is 11.9 Å². The van der Waals surface area contributed by atoms with E-state index in [1.807, 2.05) is 0 Å². The van der Waals surface area contributed by atoms with Gasteiger partial charge in [-0.2, -0.15) is 0 Å². The standard InChI is InChI=1S/C15H17BrFNO3/c1-2-21-15(20)13-5-3-4-8-18(13)14(19)11-7-6-10(16)9-12(11)17/h6-7,9,13H,2-5,8H2,1H3. The van der Waals surface area contributed by atoms with Gasteiger partial charge in [-0.15, -0.1) is 0 Å². The van der Waals surface area contributed by atoms with Gasteiger partial charge in [0.2, 0.25) is 0 Å². The van der Waals surface area contributed by atoms with Crippen molar-refractivity contribution in [3.05, 3.63) is 34.1 Å². The van der Waals surface area contributed by atoms with E-state index in [0.717, 1.165) is 12.8 Å². The molecule has 21 heavy (non-hydrogen) atoms. The minimum atomic E-state index is -0.616. The van der Waals surface area contributed by atoms with Crippen LogP contribution in [0.25, 0.3) is 0 Å². The largest absolute Gasteiger partial charge is 0.464 e. The molecule has 1 atom stereocenters. The minimum Gasteiger partial charge on any atom is -0.464 e. The lowest BCUT2D eigenvalue weighted by molar-refractivity contribution is -0.149. The van der Waals surface area contributed by atoms with Gasteiger partial charge >= 0.3 is 5.97 Å². The van der Waals surface area contributed by atoms with Crippen molar-refractivity contribution in [1.29, 1.82) is 0 Å². The van der Waals surface area contributed by atoms with E-state index in [-0.39, 0.29) is 12.2 Å². The summed E-state index contributed by atoms with van der Waals surface area (Å²) in [6.45, 7) is 2.43. The summed E-state index contributed by atoms with van der Waals surface area (Å²) in [6.07, 6.45) is 2.22. The van der Waals surface area contributed by atoms with Crippen molar-refractivity contribution in [2.45, 2.75) is 32.2 Å². The zero-order valence-electron chi connectivity index (χ0n) is 11.8. The van der Waals surface area contributed by atoms with Crippen molar-refractivity contribution in [1.82, 2.24) is 4.90 Å². The summed E-state index contributed by atoms with van der Waals surface area (Å²) in [5.41, 5.74) is -0.0191. The fraction of sp³-hybridized carbons (Fsp3) is 0.467. The lowest BCUT2D eigenvalue weighted by Crippen LogP contribution is -2.48. The molecule has 0 aliphatic carbocycles. The summed E-state index contributed by atoms with van der Waals surface area (Å²) in [4.78, 5) is 25.9. The number of benzene rings is 1. The van der Waals surface area contributed by atoms with Crippen LogP contribution >= 0.6 is 15.9 Å². The summed E-state index contributed by atoms with van der Waals surface area (Å²) in [6, 6.07) is 3.67. The Morgan fingerprint density at radius 3 is 2.86 bits per heavy atom. The average molecular weight is 358 g/mol. The van der Waals surface area contributed by atoms with Gasteiger partial charge in [-0.1, -0.05) is 15.9 Å². The van der Waals surface area contributed by atoms with Gasteiger partial charge in [0, 0.05) is 11.0 Å². The van der Waals surface area contributed by atoms with Crippen LogP contribution in [0.3, 0.4) is 0 Å². The van der Waals surface area contributed by atoms with Crippen LogP contribution in [0.4, 0.5) is 4.39 Å². The normalized spacial score (nSPS) is 18.4. The van der Waals surface area contributed by atoms with Crippen LogP contribution < -0.4 is 0 Å². The minimum absolute atomic E-state index is 0.0191. The highest BCUT2D eigenvalue weighted by molar-refractivity contribution is 9.10. The molecular formula is C15H17BrFNO3. The molecule has 0 N–H and O–H groups in total. The molecule has 0 bridgehead atoms. The molecule has 114 valence electrons. The molecule has 1 aliphatic rings. The molecule has 1 saturated heterocycles. The van der Waals surface area contributed by atoms with Gasteiger partial charge < -0.3 is 9.64 Å². The number of ether oxygens (including phenoxy) is 1. The molecule has 0 saturated carbocycles. The van der Waals surface area contributed by atoms with Crippen molar-refractivity contribution < 1.29 is 18.7 Å². The highest BCUT2D eigenvalue weighted by Gasteiger charge is 2.34. The predicted octanol–water partition coefficient (Wildman–Crippen LogP) is 3.15. The zero-order valence-corrected chi connectivity index (χ0v) is 13.4. The van der Waals surface area contributed by atoms with Crippen LogP contribution in [0.15, 0.2) is 22.7 Å². The second-order valence-corrected chi connectivity index (χ2v) is 5.80. The van der Waals surface area contributed by atoms with E-state index in [9.17, 15) is 14.0 Å². The van der Waals surface area contributed by atoms with Crippen molar-refractivity contribution in [3.63, 3.8) is 0 Å². The van der Waals surface area contributed by atoms with Crippen molar-refractivity contribution >= 4 is 27.8 Å². The fourth-order valence-electron chi connectivity index (χ4n) is 2.48. The summed E-state index contributed by atoms with van der Waals surface area (Å²) in [5.74, 6) is -1.47. The SMILES string of the molecule is CCOC(=O)C1CCCCN1C(=O)c1ccc(Br)cc1F. The van der Waals surface area contributed by atoms with Crippen molar-refractivity contribution in [2.24, 2.45) is 0 Å². The molecule has 0 aromatic heterocycles. The third kappa shape index (κ3) is 3.61. The van der Waals surface area contributed by atoms with Gasteiger partial charge in [0.25, 0.3) is 5.91 Å². The molecule has 1 amide bonds. The maximum atomic E-state index is 13.9. The molecule has 2 rings (SSSR count). The summed E-state index contributed by atoms with van der Waals surface area (Å²) in [7, 11) is 0. The number of halogens is 2. The van der Waals surface area contributed by atoms with E-state index in [4.69, 9.17) is 4.74 Å². The van der Waals surface area contributed by atoms with E-state index in [2.05, 4.69) is 15.9 Å². The van der Waals surface area contributed by atoms with Crippen LogP contribution in [-0.2, 0) is 9.53 Å². The number of carbonyl (C=O) groups excluding carboxylic acids is 2. The molecule has 0 spiro atoms. The number of carbonyl (C=O) groups is 2. The summed E-state index contributed by atoms with van der Waals surface area (Å²) < 4.78 is 19.5. The van der Waals surface area contributed by atoms with Crippen LogP contribution in [0, 0.1) is 5.82 Å². The third-order valence-corrected chi connectivity index (χ3v) is 3.98. The van der Waals surface area contributed by atoms with Crippen LogP contribution in [0.2, 0.25) is 0 Å². The first kappa shape index (κ1) is 15.9. The highest BCUT2D eigenvalue weighted by atomic mass is 79.9. The first-order chi connectivity index (χ1) is 10.0. The number of nitrogens with zero attached hydrogens (tertiary/aromatic N) is 1. The Morgan fingerprint density at radius 2 is 2.19 bits per heavy atom. The molecule has 1 aromatic carbocycles. The van der Waals surface area contributed by atoms with E-state index < -0.39 is 23.7 Å². The Labute approximate surface area is 131 Å². The quantitative estimate of drug-likeness (QED) is 0.780. The number of esters is 1. The number of amides is 1. The second kappa shape index (κ2) is 7.02. The summed E-state index contributed by atoms with van der Waals surface area (Å²) in [5, 5.41) is 0. The Hall–Kier alpha value is -1.43.